The molecule has 0 unspecified atom stereocenters. The third kappa shape index (κ3) is 3.38. The molecule has 0 radical (unpaired) electrons. The zero-order valence-corrected chi connectivity index (χ0v) is 11.3. The highest BCUT2D eigenvalue weighted by molar-refractivity contribution is 5.65. The van der Waals surface area contributed by atoms with Crippen molar-refractivity contribution in [3.8, 4) is 0 Å². The topological polar surface area (TPSA) is 61.8 Å². The van der Waals surface area contributed by atoms with Crippen LogP contribution in [0.4, 0.5) is 10.5 Å². The van der Waals surface area contributed by atoms with Crippen LogP contribution in [0.25, 0.3) is 0 Å². The van der Waals surface area contributed by atoms with Crippen LogP contribution in [-0.2, 0) is 4.74 Å². The summed E-state index contributed by atoms with van der Waals surface area (Å²) in [4.78, 5) is 12.9. The molecule has 5 nitrogen and oxygen atoms in total. The molecule has 104 valence electrons. The molecule has 1 saturated heterocycles. The van der Waals surface area contributed by atoms with Crippen molar-refractivity contribution in [2.24, 2.45) is 0 Å². The molecule has 2 rings (SSSR count). The van der Waals surface area contributed by atoms with E-state index in [1.165, 1.54) is 0 Å². The fourth-order valence-electron chi connectivity index (χ4n) is 2.33. The number of amides is 1. The number of carbonyl (C=O) groups is 1. The summed E-state index contributed by atoms with van der Waals surface area (Å²) in [7, 11) is 0. The van der Waals surface area contributed by atoms with Gasteiger partial charge in [0, 0.05) is 18.3 Å². The van der Waals surface area contributed by atoms with Gasteiger partial charge in [-0.05, 0) is 31.5 Å². The molecule has 19 heavy (non-hydrogen) atoms. The summed E-state index contributed by atoms with van der Waals surface area (Å²) in [5.41, 5.74) is 2.12. The number of hydrogen-bond acceptors (Lipinski definition) is 3. The van der Waals surface area contributed by atoms with Crippen LogP contribution in [0.5, 0.6) is 0 Å². The van der Waals surface area contributed by atoms with Crippen molar-refractivity contribution >= 4 is 11.8 Å². The SMILES string of the molecule is C[C@@H]1COCCN1c1ccc([C@@H](C)NC(=O)O)cc1. The van der Waals surface area contributed by atoms with Crippen LogP contribution in [0.2, 0.25) is 0 Å². The number of benzene rings is 1. The molecular formula is C14H20N2O3. The van der Waals surface area contributed by atoms with Gasteiger partial charge in [0.2, 0.25) is 0 Å². The van der Waals surface area contributed by atoms with Crippen LogP contribution in [0.3, 0.4) is 0 Å². The number of nitrogens with zero attached hydrogens (tertiary/aromatic N) is 1. The van der Waals surface area contributed by atoms with E-state index in [2.05, 4.69) is 17.1 Å². The first kappa shape index (κ1) is 13.7. The first-order chi connectivity index (χ1) is 9.08. The Hall–Kier alpha value is -1.75. The number of carboxylic acid groups (broad SMARTS) is 1. The molecule has 0 aliphatic carbocycles. The normalized spacial score (nSPS) is 20.9. The van der Waals surface area contributed by atoms with Crippen molar-refractivity contribution in [2.75, 3.05) is 24.7 Å². The van der Waals surface area contributed by atoms with Gasteiger partial charge in [0.1, 0.15) is 0 Å². The number of hydrogen-bond donors (Lipinski definition) is 2. The van der Waals surface area contributed by atoms with E-state index in [0.717, 1.165) is 31.0 Å². The van der Waals surface area contributed by atoms with E-state index >= 15 is 0 Å². The molecule has 2 atom stereocenters. The van der Waals surface area contributed by atoms with Gasteiger partial charge >= 0.3 is 6.09 Å². The lowest BCUT2D eigenvalue weighted by Crippen LogP contribution is -2.43. The lowest BCUT2D eigenvalue weighted by molar-refractivity contribution is 0.0989. The first-order valence-electron chi connectivity index (χ1n) is 6.51. The lowest BCUT2D eigenvalue weighted by atomic mass is 10.1. The number of anilines is 1. The smallest absolute Gasteiger partial charge is 0.405 e. The van der Waals surface area contributed by atoms with Gasteiger partial charge in [-0.15, -0.1) is 0 Å². The zero-order valence-electron chi connectivity index (χ0n) is 11.3. The van der Waals surface area contributed by atoms with Gasteiger partial charge in [0.15, 0.2) is 0 Å². The summed E-state index contributed by atoms with van der Waals surface area (Å²) >= 11 is 0. The van der Waals surface area contributed by atoms with E-state index < -0.39 is 6.09 Å². The Kier molecular flexibility index (Phi) is 4.27. The second kappa shape index (κ2) is 5.93. The van der Waals surface area contributed by atoms with Crippen molar-refractivity contribution in [1.29, 1.82) is 0 Å². The van der Waals surface area contributed by atoms with Gasteiger partial charge in [-0.25, -0.2) is 4.79 Å². The van der Waals surface area contributed by atoms with Crippen LogP contribution >= 0.6 is 0 Å². The Morgan fingerprint density at radius 3 is 2.74 bits per heavy atom. The van der Waals surface area contributed by atoms with Gasteiger partial charge in [-0.3, -0.25) is 0 Å². The maximum Gasteiger partial charge on any atom is 0.405 e. The molecule has 1 aromatic carbocycles. The van der Waals surface area contributed by atoms with Crippen molar-refractivity contribution in [3.05, 3.63) is 29.8 Å². The van der Waals surface area contributed by atoms with E-state index in [1.807, 2.05) is 31.2 Å². The summed E-state index contributed by atoms with van der Waals surface area (Å²) in [5, 5.41) is 11.2. The molecular weight excluding hydrogens is 244 g/mol. The summed E-state index contributed by atoms with van der Waals surface area (Å²) < 4.78 is 5.42. The molecule has 1 aromatic rings. The minimum absolute atomic E-state index is 0.200. The minimum atomic E-state index is -1.00. The second-order valence-electron chi connectivity index (χ2n) is 4.88. The number of nitrogens with one attached hydrogen (secondary N) is 1. The highest BCUT2D eigenvalue weighted by atomic mass is 16.5. The van der Waals surface area contributed by atoms with E-state index in [4.69, 9.17) is 9.84 Å². The second-order valence-corrected chi connectivity index (χ2v) is 4.88. The van der Waals surface area contributed by atoms with E-state index in [1.54, 1.807) is 0 Å². The van der Waals surface area contributed by atoms with Crippen molar-refractivity contribution in [3.63, 3.8) is 0 Å². The Bertz CT molecular complexity index is 433. The first-order valence-corrected chi connectivity index (χ1v) is 6.51. The molecule has 2 N–H and O–H groups in total. The molecule has 5 heteroatoms. The highest BCUT2D eigenvalue weighted by Gasteiger charge is 2.19. The average molecular weight is 264 g/mol. The monoisotopic (exact) mass is 264 g/mol. The zero-order chi connectivity index (χ0) is 13.8. The standard InChI is InChI=1S/C14H20N2O3/c1-10-9-19-8-7-16(10)13-5-3-12(4-6-13)11(2)15-14(17)18/h3-6,10-11,15H,7-9H2,1-2H3,(H,17,18)/t10-,11-/m1/s1. The Labute approximate surface area is 113 Å². The molecule has 1 heterocycles. The summed E-state index contributed by atoms with van der Waals surface area (Å²) in [6.45, 7) is 6.37. The largest absolute Gasteiger partial charge is 0.465 e. The van der Waals surface area contributed by atoms with Gasteiger partial charge in [-0.1, -0.05) is 12.1 Å². The number of ether oxygens (including phenoxy) is 1. The van der Waals surface area contributed by atoms with Crippen LogP contribution < -0.4 is 10.2 Å². The maximum atomic E-state index is 10.6. The van der Waals surface area contributed by atoms with Crippen molar-refractivity contribution in [1.82, 2.24) is 5.32 Å². The predicted octanol–water partition coefficient (Wildman–Crippen LogP) is 2.24. The van der Waals surface area contributed by atoms with Crippen molar-refractivity contribution < 1.29 is 14.6 Å². The predicted molar refractivity (Wildman–Crippen MR) is 73.6 cm³/mol. The van der Waals surface area contributed by atoms with E-state index in [0.29, 0.717) is 6.04 Å². The Morgan fingerprint density at radius 2 is 2.16 bits per heavy atom. The Morgan fingerprint density at radius 1 is 1.47 bits per heavy atom. The highest BCUT2D eigenvalue weighted by Crippen LogP contribution is 2.22. The molecule has 0 spiro atoms. The summed E-state index contributed by atoms with van der Waals surface area (Å²) in [5.74, 6) is 0. The molecule has 1 fully saturated rings. The minimum Gasteiger partial charge on any atom is -0.465 e. The van der Waals surface area contributed by atoms with Crippen LogP contribution in [0, 0.1) is 0 Å². The van der Waals surface area contributed by atoms with Crippen molar-refractivity contribution in [2.45, 2.75) is 25.9 Å². The Balaban J connectivity index is 2.07. The number of morpholine rings is 1. The average Bonchev–Trinajstić information content (AvgIpc) is 2.39. The third-order valence-electron chi connectivity index (χ3n) is 3.43. The third-order valence-corrected chi connectivity index (χ3v) is 3.43. The molecule has 1 amide bonds. The summed E-state index contributed by atoms with van der Waals surface area (Å²) in [6.07, 6.45) is -1.00. The molecule has 1 aliphatic rings. The maximum absolute atomic E-state index is 10.6. The van der Waals surface area contributed by atoms with E-state index in [-0.39, 0.29) is 6.04 Å². The van der Waals surface area contributed by atoms with Gasteiger partial charge in [-0.2, -0.15) is 0 Å². The quantitative estimate of drug-likeness (QED) is 0.879. The van der Waals surface area contributed by atoms with Crippen LogP contribution in [0.15, 0.2) is 24.3 Å². The molecule has 1 aliphatic heterocycles. The van der Waals surface area contributed by atoms with Gasteiger partial charge < -0.3 is 20.1 Å². The summed E-state index contributed by atoms with van der Waals surface area (Å²) in [6, 6.07) is 8.19. The number of rotatable bonds is 3. The van der Waals surface area contributed by atoms with Crippen LogP contribution in [0.1, 0.15) is 25.5 Å². The fourth-order valence-corrected chi connectivity index (χ4v) is 2.33. The molecule has 0 bridgehead atoms. The van der Waals surface area contributed by atoms with Crippen LogP contribution in [-0.4, -0.2) is 37.0 Å². The fraction of sp³-hybridized carbons (Fsp3) is 0.500. The van der Waals surface area contributed by atoms with E-state index in [9.17, 15) is 4.79 Å². The lowest BCUT2D eigenvalue weighted by Gasteiger charge is -2.35. The van der Waals surface area contributed by atoms with Gasteiger partial charge in [0.05, 0.1) is 19.3 Å². The molecule has 0 saturated carbocycles. The molecule has 0 aromatic heterocycles. The van der Waals surface area contributed by atoms with Gasteiger partial charge in [0.25, 0.3) is 0 Å².